The molecule has 0 bridgehead atoms. The predicted molar refractivity (Wildman–Crippen MR) is 110 cm³/mol. The number of carbonyl (C=O) groups excluding carboxylic acids is 1. The summed E-state index contributed by atoms with van der Waals surface area (Å²) in [6, 6.07) is 11.4. The molecule has 1 aromatic heterocycles. The van der Waals surface area contributed by atoms with Crippen molar-refractivity contribution in [2.24, 2.45) is 0 Å². The van der Waals surface area contributed by atoms with Gasteiger partial charge in [0.15, 0.2) is 0 Å². The second-order valence-corrected chi connectivity index (χ2v) is 9.93. The lowest BCUT2D eigenvalue weighted by Crippen LogP contribution is -2.33. The molecule has 0 fully saturated rings. The van der Waals surface area contributed by atoms with Gasteiger partial charge in [-0.2, -0.15) is 4.31 Å². The van der Waals surface area contributed by atoms with Crippen molar-refractivity contribution in [2.45, 2.75) is 31.4 Å². The number of carbonyl (C=O) groups is 1. The molecule has 0 aliphatic carbocycles. The molecule has 3 rings (SSSR count). The number of halogens is 1. The number of hydrogen-bond donors (Lipinski definition) is 0. The molecule has 0 N–H and O–H groups in total. The Morgan fingerprint density at radius 3 is 2.64 bits per heavy atom. The van der Waals surface area contributed by atoms with Gasteiger partial charge in [-0.05, 0) is 44.2 Å². The molecule has 0 aliphatic heterocycles. The van der Waals surface area contributed by atoms with E-state index in [1.165, 1.54) is 40.9 Å². The van der Waals surface area contributed by atoms with E-state index in [1.807, 2.05) is 24.3 Å². The fraction of sp³-hybridized carbons (Fsp3) is 0.263. The average molecular weight is 439 g/mol. The zero-order valence-corrected chi connectivity index (χ0v) is 17.9. The van der Waals surface area contributed by atoms with Crippen molar-refractivity contribution < 1.29 is 17.9 Å². The molecule has 3 aromatic rings. The molecule has 6 nitrogen and oxygen atoms in total. The van der Waals surface area contributed by atoms with Crippen molar-refractivity contribution in [3.8, 4) is 0 Å². The molecule has 148 valence electrons. The molecule has 0 spiro atoms. The van der Waals surface area contributed by atoms with Gasteiger partial charge in [0.05, 0.1) is 25.7 Å². The van der Waals surface area contributed by atoms with Crippen LogP contribution in [0.5, 0.6) is 0 Å². The van der Waals surface area contributed by atoms with Gasteiger partial charge >= 0.3 is 5.97 Å². The van der Waals surface area contributed by atoms with E-state index < -0.39 is 16.0 Å². The van der Waals surface area contributed by atoms with Crippen LogP contribution in [0.2, 0.25) is 5.02 Å². The van der Waals surface area contributed by atoms with Gasteiger partial charge in [0, 0.05) is 13.1 Å². The molecule has 0 amide bonds. The molecule has 0 atom stereocenters. The lowest BCUT2D eigenvalue weighted by molar-refractivity contribution is 0.0472. The summed E-state index contributed by atoms with van der Waals surface area (Å²) in [6.07, 6.45) is 0. The van der Waals surface area contributed by atoms with Gasteiger partial charge in [-0.1, -0.05) is 23.7 Å². The summed E-state index contributed by atoms with van der Waals surface area (Å²) in [5, 5.41) is 0.773. The first-order valence-electron chi connectivity index (χ1n) is 8.49. The highest BCUT2D eigenvalue weighted by Crippen LogP contribution is 2.26. The monoisotopic (exact) mass is 438 g/mol. The minimum absolute atomic E-state index is 0.000934. The Hall–Kier alpha value is -2.00. The van der Waals surface area contributed by atoms with Crippen molar-refractivity contribution in [1.82, 2.24) is 9.29 Å². The van der Waals surface area contributed by atoms with Crippen LogP contribution in [-0.2, 0) is 21.4 Å². The molecular formula is C19H19ClN2O4S2. The minimum Gasteiger partial charge on any atom is -0.455 e. The SMILES string of the molecule is CC(C)N(C)S(=O)(=O)c1ccc(Cl)c(C(=O)OCc2nc3ccccc3s2)c1. The summed E-state index contributed by atoms with van der Waals surface area (Å²) in [6.45, 7) is 3.51. The molecule has 1 heterocycles. The third-order valence-corrected chi connectivity index (χ3v) is 7.60. The Bertz CT molecular complexity index is 1090. The third kappa shape index (κ3) is 4.20. The van der Waals surface area contributed by atoms with Gasteiger partial charge in [-0.25, -0.2) is 18.2 Å². The van der Waals surface area contributed by atoms with Crippen LogP contribution < -0.4 is 0 Å². The van der Waals surface area contributed by atoms with Crippen molar-refractivity contribution in [2.75, 3.05) is 7.05 Å². The molecule has 0 radical (unpaired) electrons. The summed E-state index contributed by atoms with van der Waals surface area (Å²) in [4.78, 5) is 16.9. The lowest BCUT2D eigenvalue weighted by atomic mass is 10.2. The summed E-state index contributed by atoms with van der Waals surface area (Å²) < 4.78 is 32.9. The summed E-state index contributed by atoms with van der Waals surface area (Å²) in [5.74, 6) is -0.700. The fourth-order valence-electron chi connectivity index (χ4n) is 2.45. The normalized spacial score (nSPS) is 12.1. The topological polar surface area (TPSA) is 76.6 Å². The number of para-hydroxylation sites is 1. The summed E-state index contributed by atoms with van der Waals surface area (Å²) in [5.41, 5.74) is 0.836. The number of ether oxygens (including phenoxy) is 1. The van der Waals surface area contributed by atoms with Gasteiger partial charge in [-0.3, -0.25) is 0 Å². The van der Waals surface area contributed by atoms with Crippen LogP contribution in [0.3, 0.4) is 0 Å². The Labute approximate surface area is 172 Å². The van der Waals surface area contributed by atoms with Crippen LogP contribution in [0.25, 0.3) is 10.2 Å². The molecule has 0 unspecified atom stereocenters. The second kappa shape index (κ2) is 8.16. The Balaban J connectivity index is 1.81. The molecule has 0 saturated heterocycles. The maximum absolute atomic E-state index is 12.7. The smallest absolute Gasteiger partial charge is 0.340 e. The fourth-order valence-corrected chi connectivity index (χ4v) is 4.92. The highest BCUT2D eigenvalue weighted by Gasteiger charge is 2.25. The summed E-state index contributed by atoms with van der Waals surface area (Å²) >= 11 is 7.54. The molecule has 0 saturated carbocycles. The Kier molecular flexibility index (Phi) is 6.04. The lowest BCUT2D eigenvalue weighted by Gasteiger charge is -2.21. The van der Waals surface area contributed by atoms with Crippen molar-refractivity contribution in [3.63, 3.8) is 0 Å². The van der Waals surface area contributed by atoms with Gasteiger partial charge in [0.25, 0.3) is 0 Å². The van der Waals surface area contributed by atoms with E-state index in [9.17, 15) is 13.2 Å². The molecule has 9 heteroatoms. The van der Waals surface area contributed by atoms with Gasteiger partial charge in [0.1, 0.15) is 11.6 Å². The highest BCUT2D eigenvalue weighted by atomic mass is 35.5. The van der Waals surface area contributed by atoms with Crippen LogP contribution in [0.1, 0.15) is 29.2 Å². The quantitative estimate of drug-likeness (QED) is 0.535. The molecule has 2 aromatic carbocycles. The van der Waals surface area contributed by atoms with Gasteiger partial charge in [-0.15, -0.1) is 11.3 Å². The van der Waals surface area contributed by atoms with Crippen molar-refractivity contribution >= 4 is 49.1 Å². The van der Waals surface area contributed by atoms with E-state index in [1.54, 1.807) is 13.8 Å². The maximum atomic E-state index is 12.7. The zero-order chi connectivity index (χ0) is 20.5. The number of thiazole rings is 1. The van der Waals surface area contributed by atoms with Crippen LogP contribution >= 0.6 is 22.9 Å². The van der Waals surface area contributed by atoms with Crippen LogP contribution in [0.15, 0.2) is 47.4 Å². The van der Waals surface area contributed by atoms with E-state index in [4.69, 9.17) is 16.3 Å². The van der Waals surface area contributed by atoms with Gasteiger partial charge in [0.2, 0.25) is 10.0 Å². The van der Waals surface area contributed by atoms with Crippen molar-refractivity contribution in [3.05, 3.63) is 58.1 Å². The first-order chi connectivity index (χ1) is 13.2. The zero-order valence-electron chi connectivity index (χ0n) is 15.5. The Morgan fingerprint density at radius 2 is 1.96 bits per heavy atom. The summed E-state index contributed by atoms with van der Waals surface area (Å²) in [7, 11) is -2.25. The minimum atomic E-state index is -3.74. The first kappa shape index (κ1) is 20.7. The van der Waals surface area contributed by atoms with Crippen molar-refractivity contribution in [1.29, 1.82) is 0 Å². The number of fused-ring (bicyclic) bond motifs is 1. The van der Waals surface area contributed by atoms with E-state index in [2.05, 4.69) is 4.98 Å². The van der Waals surface area contributed by atoms with Gasteiger partial charge < -0.3 is 4.74 Å². The Morgan fingerprint density at radius 1 is 1.25 bits per heavy atom. The van der Waals surface area contributed by atoms with Crippen LogP contribution in [-0.4, -0.2) is 36.8 Å². The van der Waals surface area contributed by atoms with Crippen LogP contribution in [0, 0.1) is 0 Å². The standard InChI is InChI=1S/C19H19ClN2O4S2/c1-12(2)22(3)28(24,25)13-8-9-15(20)14(10-13)19(23)26-11-18-21-16-6-4-5-7-17(16)27-18/h4-10,12H,11H2,1-3H3. The number of benzene rings is 2. The van der Waals surface area contributed by atoms with E-state index in [0.717, 1.165) is 10.2 Å². The number of nitrogens with zero attached hydrogens (tertiary/aromatic N) is 2. The average Bonchev–Trinajstić information content (AvgIpc) is 3.08. The number of aromatic nitrogens is 1. The number of hydrogen-bond acceptors (Lipinski definition) is 6. The van der Waals surface area contributed by atoms with E-state index in [-0.39, 0.29) is 28.1 Å². The van der Waals surface area contributed by atoms with E-state index >= 15 is 0 Å². The predicted octanol–water partition coefficient (Wildman–Crippen LogP) is 4.34. The maximum Gasteiger partial charge on any atom is 0.340 e. The largest absolute Gasteiger partial charge is 0.455 e. The molecule has 28 heavy (non-hydrogen) atoms. The second-order valence-electron chi connectivity index (χ2n) is 6.41. The molecule has 0 aliphatic rings. The number of sulfonamides is 1. The number of rotatable bonds is 6. The highest BCUT2D eigenvalue weighted by molar-refractivity contribution is 7.89. The number of esters is 1. The first-order valence-corrected chi connectivity index (χ1v) is 11.1. The third-order valence-electron chi connectivity index (χ3n) is 4.23. The van der Waals surface area contributed by atoms with E-state index in [0.29, 0.717) is 5.01 Å². The van der Waals surface area contributed by atoms with Crippen LogP contribution in [0.4, 0.5) is 0 Å². The molecular weight excluding hydrogens is 420 g/mol.